The molecular weight excluding hydrogens is 391 g/mol. The number of benzene rings is 2. The number of ketones is 1. The molecule has 1 aliphatic heterocycles. The fraction of sp³-hybridized carbons (Fsp3) is 0.136. The first-order valence-electron chi connectivity index (χ1n) is 9.05. The molecule has 1 N–H and O–H groups in total. The summed E-state index contributed by atoms with van der Waals surface area (Å²) in [5.74, 6) is -1.57. The molecule has 1 amide bonds. The number of halogens is 1. The lowest BCUT2D eigenvalue weighted by Gasteiger charge is -2.22. The third-order valence-electron chi connectivity index (χ3n) is 4.84. The molecule has 7 nitrogen and oxygen atoms in total. The van der Waals surface area contributed by atoms with E-state index in [2.05, 4.69) is 5.16 Å². The Bertz CT molecular complexity index is 1170. The van der Waals surface area contributed by atoms with Gasteiger partial charge in [-0.25, -0.2) is 4.39 Å². The van der Waals surface area contributed by atoms with Crippen LogP contribution in [0, 0.1) is 12.7 Å². The number of ether oxygens (including phenoxy) is 1. The molecule has 1 aromatic heterocycles. The summed E-state index contributed by atoms with van der Waals surface area (Å²) in [5, 5.41) is 14.8. The van der Waals surface area contributed by atoms with Crippen molar-refractivity contribution in [3.05, 3.63) is 82.9 Å². The predicted molar refractivity (Wildman–Crippen MR) is 105 cm³/mol. The van der Waals surface area contributed by atoms with Gasteiger partial charge >= 0.3 is 5.91 Å². The summed E-state index contributed by atoms with van der Waals surface area (Å²) in [7, 11) is 1.48. The van der Waals surface area contributed by atoms with Crippen molar-refractivity contribution < 1.29 is 28.3 Å². The van der Waals surface area contributed by atoms with Gasteiger partial charge in [0.05, 0.1) is 18.7 Å². The highest BCUT2D eigenvalue weighted by molar-refractivity contribution is 6.51. The van der Waals surface area contributed by atoms with Crippen LogP contribution in [-0.4, -0.2) is 29.1 Å². The van der Waals surface area contributed by atoms with Gasteiger partial charge in [0.25, 0.3) is 5.78 Å². The third-order valence-corrected chi connectivity index (χ3v) is 4.84. The second-order valence-corrected chi connectivity index (χ2v) is 6.75. The molecule has 0 radical (unpaired) electrons. The van der Waals surface area contributed by atoms with Gasteiger partial charge in [0.15, 0.2) is 5.82 Å². The summed E-state index contributed by atoms with van der Waals surface area (Å²) >= 11 is 0. The second-order valence-electron chi connectivity index (χ2n) is 6.75. The second kappa shape index (κ2) is 7.47. The highest BCUT2D eigenvalue weighted by Gasteiger charge is 2.48. The number of aliphatic hydroxyl groups excluding tert-OH is 1. The number of rotatable bonds is 4. The summed E-state index contributed by atoms with van der Waals surface area (Å²) < 4.78 is 23.7. The van der Waals surface area contributed by atoms with E-state index in [9.17, 15) is 19.1 Å². The summed E-state index contributed by atoms with van der Waals surface area (Å²) in [4.78, 5) is 27.0. The van der Waals surface area contributed by atoms with E-state index in [0.717, 1.165) is 4.90 Å². The van der Waals surface area contributed by atoms with Crippen molar-refractivity contribution in [3.8, 4) is 5.75 Å². The maximum Gasteiger partial charge on any atom is 0.301 e. The lowest BCUT2D eigenvalue weighted by atomic mass is 9.95. The van der Waals surface area contributed by atoms with Gasteiger partial charge in [0.1, 0.15) is 23.1 Å². The quantitative estimate of drug-likeness (QED) is 0.401. The predicted octanol–water partition coefficient (Wildman–Crippen LogP) is 3.76. The topological polar surface area (TPSA) is 92.9 Å². The average molecular weight is 408 g/mol. The number of nitrogens with zero attached hydrogens (tertiary/aromatic N) is 2. The van der Waals surface area contributed by atoms with Gasteiger partial charge in [-0.15, -0.1) is 0 Å². The molecule has 0 bridgehead atoms. The Balaban J connectivity index is 1.94. The number of aryl methyl sites for hydroxylation is 1. The van der Waals surface area contributed by atoms with Crippen molar-refractivity contribution in [3.63, 3.8) is 0 Å². The van der Waals surface area contributed by atoms with Crippen LogP contribution in [0.5, 0.6) is 5.75 Å². The number of carbonyl (C=O) groups excluding carboxylic acids is 2. The van der Waals surface area contributed by atoms with Crippen LogP contribution in [0.3, 0.4) is 0 Å². The fourth-order valence-corrected chi connectivity index (χ4v) is 3.42. The molecule has 0 spiro atoms. The molecule has 152 valence electrons. The maximum atomic E-state index is 13.5. The van der Waals surface area contributed by atoms with Gasteiger partial charge in [0, 0.05) is 11.6 Å². The largest absolute Gasteiger partial charge is 0.507 e. The van der Waals surface area contributed by atoms with Gasteiger partial charge < -0.3 is 14.4 Å². The molecule has 2 heterocycles. The van der Waals surface area contributed by atoms with Crippen molar-refractivity contribution in [2.75, 3.05) is 12.0 Å². The third kappa shape index (κ3) is 3.22. The Morgan fingerprint density at radius 2 is 1.90 bits per heavy atom. The van der Waals surface area contributed by atoms with E-state index in [1.54, 1.807) is 31.2 Å². The Morgan fingerprint density at radius 3 is 2.53 bits per heavy atom. The Labute approximate surface area is 171 Å². The van der Waals surface area contributed by atoms with E-state index in [0.29, 0.717) is 22.6 Å². The van der Waals surface area contributed by atoms with Crippen LogP contribution in [0.4, 0.5) is 10.2 Å². The number of hydrogen-bond donors (Lipinski definition) is 1. The van der Waals surface area contributed by atoms with Crippen molar-refractivity contribution in [2.24, 2.45) is 0 Å². The number of carbonyl (C=O) groups is 2. The molecule has 30 heavy (non-hydrogen) atoms. The Hall–Kier alpha value is -3.94. The van der Waals surface area contributed by atoms with Crippen LogP contribution in [0.1, 0.15) is 22.9 Å². The van der Waals surface area contributed by atoms with E-state index >= 15 is 0 Å². The van der Waals surface area contributed by atoms with E-state index in [1.165, 1.54) is 37.4 Å². The van der Waals surface area contributed by atoms with Crippen LogP contribution < -0.4 is 9.64 Å². The van der Waals surface area contributed by atoms with Crippen molar-refractivity contribution in [1.82, 2.24) is 5.16 Å². The Morgan fingerprint density at radius 1 is 1.17 bits per heavy atom. The Kier molecular flexibility index (Phi) is 4.83. The highest BCUT2D eigenvalue weighted by Crippen LogP contribution is 2.42. The molecule has 0 aliphatic carbocycles. The molecular formula is C22H17FN2O5. The number of hydrogen-bond acceptors (Lipinski definition) is 6. The van der Waals surface area contributed by atoms with E-state index < -0.39 is 23.5 Å². The summed E-state index contributed by atoms with van der Waals surface area (Å²) in [6.45, 7) is 1.65. The van der Waals surface area contributed by atoms with Crippen LogP contribution in [0.2, 0.25) is 0 Å². The van der Waals surface area contributed by atoms with E-state index in [1.807, 2.05) is 0 Å². The first-order chi connectivity index (χ1) is 14.4. The standard InChI is InChI=1S/C22H17FN2O5/c1-12-10-17(24-30-12)25-19(13-6-8-15(23)9-7-13)18(21(27)22(25)28)20(26)14-4-3-5-16(11-14)29-2/h3-11,19,26H,1-2H3/t19-/m0/s1. The highest BCUT2D eigenvalue weighted by atomic mass is 19.1. The lowest BCUT2D eigenvalue weighted by molar-refractivity contribution is -0.132. The molecule has 0 saturated carbocycles. The fourth-order valence-electron chi connectivity index (χ4n) is 3.42. The average Bonchev–Trinajstić information content (AvgIpc) is 3.29. The molecule has 1 saturated heterocycles. The normalized spacial score (nSPS) is 18.1. The number of aromatic nitrogens is 1. The van der Waals surface area contributed by atoms with Crippen LogP contribution >= 0.6 is 0 Å². The smallest absolute Gasteiger partial charge is 0.301 e. The lowest BCUT2D eigenvalue weighted by Crippen LogP contribution is -2.29. The number of anilines is 1. The summed E-state index contributed by atoms with van der Waals surface area (Å²) in [6, 6.07) is 12.3. The number of amides is 1. The van der Waals surface area contributed by atoms with Gasteiger partial charge in [-0.1, -0.05) is 29.4 Å². The summed E-state index contributed by atoms with van der Waals surface area (Å²) in [5.41, 5.74) is 0.594. The van der Waals surface area contributed by atoms with E-state index in [-0.39, 0.29) is 17.2 Å². The van der Waals surface area contributed by atoms with Gasteiger partial charge in [-0.2, -0.15) is 0 Å². The number of aliphatic hydroxyl groups is 1. The molecule has 3 aromatic rings. The zero-order chi connectivity index (χ0) is 21.4. The minimum Gasteiger partial charge on any atom is -0.507 e. The van der Waals surface area contributed by atoms with Crippen LogP contribution in [0.15, 0.2) is 64.7 Å². The first kappa shape index (κ1) is 19.4. The van der Waals surface area contributed by atoms with Crippen LogP contribution in [0.25, 0.3) is 5.76 Å². The maximum absolute atomic E-state index is 13.5. The number of methoxy groups -OCH3 is 1. The van der Waals surface area contributed by atoms with E-state index in [4.69, 9.17) is 9.26 Å². The molecule has 0 unspecified atom stereocenters. The summed E-state index contributed by atoms with van der Waals surface area (Å²) in [6.07, 6.45) is 0. The minimum atomic E-state index is -1.01. The zero-order valence-electron chi connectivity index (χ0n) is 16.1. The van der Waals surface area contributed by atoms with Gasteiger partial charge in [-0.05, 0) is 36.8 Å². The molecule has 1 atom stereocenters. The molecule has 2 aromatic carbocycles. The number of Topliss-reactive ketones (excluding diaryl/α,β-unsaturated/α-hetero) is 1. The minimum absolute atomic E-state index is 0.119. The van der Waals surface area contributed by atoms with Crippen molar-refractivity contribution in [2.45, 2.75) is 13.0 Å². The van der Waals surface area contributed by atoms with Crippen molar-refractivity contribution >= 4 is 23.3 Å². The SMILES string of the molecule is COc1cccc(C(O)=C2C(=O)C(=O)N(c3cc(C)on3)[C@H]2c2ccc(F)cc2)c1. The zero-order valence-corrected chi connectivity index (χ0v) is 16.1. The molecule has 8 heteroatoms. The van der Waals surface area contributed by atoms with Crippen molar-refractivity contribution in [1.29, 1.82) is 0 Å². The first-order valence-corrected chi connectivity index (χ1v) is 9.05. The monoisotopic (exact) mass is 408 g/mol. The van der Waals surface area contributed by atoms with Gasteiger partial charge in [0.2, 0.25) is 0 Å². The molecule has 4 rings (SSSR count). The van der Waals surface area contributed by atoms with Gasteiger partial charge in [-0.3, -0.25) is 14.5 Å². The molecule has 1 aliphatic rings. The van der Waals surface area contributed by atoms with Crippen LogP contribution in [-0.2, 0) is 9.59 Å². The molecule has 1 fully saturated rings.